The average molecular weight is 234 g/mol. The number of carbonyl (C=O) groups excluding carboxylic acids is 1. The van der Waals surface area contributed by atoms with E-state index >= 15 is 0 Å². The Balaban J connectivity index is 2.51. The summed E-state index contributed by atoms with van der Waals surface area (Å²) >= 11 is 6.76. The predicted molar refractivity (Wildman–Crippen MR) is 57.6 cm³/mol. The van der Waals surface area contributed by atoms with E-state index in [1.807, 2.05) is 0 Å². The van der Waals surface area contributed by atoms with Gasteiger partial charge < -0.3 is 4.74 Å². The first-order valence-electron chi connectivity index (χ1n) is 4.37. The molecule has 0 aliphatic heterocycles. The van der Waals surface area contributed by atoms with Gasteiger partial charge in [-0.2, -0.15) is 4.37 Å². The lowest BCUT2D eigenvalue weighted by molar-refractivity contribution is 0.0977. The van der Waals surface area contributed by atoms with Gasteiger partial charge in [0, 0.05) is 17.7 Å². The van der Waals surface area contributed by atoms with Gasteiger partial charge in [0.1, 0.15) is 0 Å². The van der Waals surface area contributed by atoms with Gasteiger partial charge in [-0.05, 0) is 24.4 Å². The van der Waals surface area contributed by atoms with Crippen molar-refractivity contribution in [3.05, 3.63) is 10.9 Å². The summed E-state index contributed by atoms with van der Waals surface area (Å²) in [5.41, 5.74) is 0.590. The van der Waals surface area contributed by atoms with Crippen LogP contribution in [0.2, 0.25) is 0 Å². The highest BCUT2D eigenvalue weighted by Gasteiger charge is 2.13. The molecule has 0 spiro atoms. The molecule has 0 saturated carbocycles. The van der Waals surface area contributed by atoms with Gasteiger partial charge in [-0.25, -0.2) is 0 Å². The molecule has 1 rings (SSSR count). The molecule has 0 fully saturated rings. The molecule has 1 aromatic rings. The zero-order valence-electron chi connectivity index (χ0n) is 7.96. The number of alkyl halides is 1. The number of aromatic nitrogens is 1. The minimum atomic E-state index is 0.0840. The van der Waals surface area contributed by atoms with E-state index in [9.17, 15) is 4.79 Å². The smallest absolute Gasteiger partial charge is 0.235 e. The Labute approximate surface area is 92.2 Å². The van der Waals surface area contributed by atoms with Crippen LogP contribution >= 0.6 is 23.1 Å². The van der Waals surface area contributed by atoms with Gasteiger partial charge in [0.15, 0.2) is 5.78 Å². The van der Waals surface area contributed by atoms with E-state index in [0.717, 1.165) is 12.8 Å². The van der Waals surface area contributed by atoms with Gasteiger partial charge in [-0.1, -0.05) is 0 Å². The van der Waals surface area contributed by atoms with Gasteiger partial charge in [0.25, 0.3) is 0 Å². The molecule has 0 atom stereocenters. The highest BCUT2D eigenvalue weighted by Crippen LogP contribution is 2.20. The van der Waals surface area contributed by atoms with E-state index < -0.39 is 0 Å². The van der Waals surface area contributed by atoms with E-state index in [0.29, 0.717) is 23.7 Å². The lowest BCUT2D eigenvalue weighted by Crippen LogP contribution is -2.00. The van der Waals surface area contributed by atoms with E-state index in [1.54, 1.807) is 5.38 Å². The summed E-state index contributed by atoms with van der Waals surface area (Å²) in [7, 11) is 1.52. The van der Waals surface area contributed by atoms with Crippen molar-refractivity contribution in [1.82, 2.24) is 4.37 Å². The third kappa shape index (κ3) is 2.96. The van der Waals surface area contributed by atoms with Crippen molar-refractivity contribution in [1.29, 1.82) is 0 Å². The Hall–Kier alpha value is -0.610. The number of Topliss-reactive ketones (excluding diaryl/α,β-unsaturated/α-hetero) is 1. The van der Waals surface area contributed by atoms with Crippen molar-refractivity contribution in [2.75, 3.05) is 13.0 Å². The zero-order valence-corrected chi connectivity index (χ0v) is 9.53. The number of rotatable bonds is 6. The first kappa shape index (κ1) is 11.5. The fraction of sp³-hybridized carbons (Fsp3) is 0.556. The maximum absolute atomic E-state index is 11.6. The van der Waals surface area contributed by atoms with Gasteiger partial charge in [0.2, 0.25) is 5.88 Å². The summed E-state index contributed by atoms with van der Waals surface area (Å²) in [6, 6.07) is 0. The Bertz CT molecular complexity index is 301. The van der Waals surface area contributed by atoms with Crippen LogP contribution in [-0.2, 0) is 0 Å². The molecular formula is C9H12ClNO2S. The molecule has 0 amide bonds. The molecule has 0 N–H and O–H groups in total. The van der Waals surface area contributed by atoms with E-state index in [4.69, 9.17) is 16.3 Å². The molecule has 0 aliphatic carbocycles. The van der Waals surface area contributed by atoms with E-state index in [1.165, 1.54) is 18.6 Å². The first-order valence-corrected chi connectivity index (χ1v) is 5.74. The molecule has 14 heavy (non-hydrogen) atoms. The number of carbonyl (C=O) groups is 1. The van der Waals surface area contributed by atoms with Crippen molar-refractivity contribution < 1.29 is 9.53 Å². The second kappa shape index (κ2) is 5.98. The van der Waals surface area contributed by atoms with Crippen LogP contribution in [0.1, 0.15) is 29.6 Å². The molecule has 3 nitrogen and oxygen atoms in total. The summed E-state index contributed by atoms with van der Waals surface area (Å²) < 4.78 is 8.92. The number of hydrogen-bond acceptors (Lipinski definition) is 4. The van der Waals surface area contributed by atoms with Crippen molar-refractivity contribution in [2.45, 2.75) is 19.3 Å². The fourth-order valence-corrected chi connectivity index (χ4v) is 1.92. The molecule has 0 aromatic carbocycles. The van der Waals surface area contributed by atoms with Crippen LogP contribution in [0.5, 0.6) is 5.88 Å². The van der Waals surface area contributed by atoms with Crippen LogP contribution < -0.4 is 4.74 Å². The van der Waals surface area contributed by atoms with Gasteiger partial charge in [-0.3, -0.25) is 4.79 Å². The van der Waals surface area contributed by atoms with E-state index in [-0.39, 0.29) is 5.78 Å². The molecule has 1 heterocycles. The third-order valence-corrected chi connectivity index (χ3v) is 2.70. The van der Waals surface area contributed by atoms with Crippen molar-refractivity contribution in [3.8, 4) is 5.88 Å². The van der Waals surface area contributed by atoms with Crippen LogP contribution in [-0.4, -0.2) is 23.1 Å². The van der Waals surface area contributed by atoms with Crippen molar-refractivity contribution >= 4 is 28.9 Å². The Kier molecular flexibility index (Phi) is 4.90. The topological polar surface area (TPSA) is 39.2 Å². The normalized spacial score (nSPS) is 10.1. The van der Waals surface area contributed by atoms with Crippen LogP contribution in [0.4, 0.5) is 0 Å². The average Bonchev–Trinajstić information content (AvgIpc) is 2.65. The molecule has 78 valence electrons. The van der Waals surface area contributed by atoms with Gasteiger partial charge >= 0.3 is 0 Å². The first-order chi connectivity index (χ1) is 6.79. The molecule has 0 bridgehead atoms. The highest BCUT2D eigenvalue weighted by atomic mass is 35.5. The minimum absolute atomic E-state index is 0.0840. The van der Waals surface area contributed by atoms with Gasteiger partial charge in [0.05, 0.1) is 12.7 Å². The predicted octanol–water partition coefficient (Wildman–Crippen LogP) is 2.74. The van der Waals surface area contributed by atoms with Crippen LogP contribution in [0, 0.1) is 0 Å². The molecule has 0 aliphatic rings. The number of nitrogens with zero attached hydrogens (tertiary/aromatic N) is 1. The monoisotopic (exact) mass is 233 g/mol. The maximum Gasteiger partial charge on any atom is 0.235 e. The molecule has 1 aromatic heterocycles. The third-order valence-electron chi connectivity index (χ3n) is 1.82. The fourth-order valence-electron chi connectivity index (χ4n) is 1.07. The summed E-state index contributed by atoms with van der Waals surface area (Å²) in [5.74, 6) is 1.12. The standard InChI is InChI=1S/C9H12ClNO2S/c1-13-9-7(6-14-11-9)8(12)4-2-3-5-10/h6H,2-5H2,1H3. The summed E-state index contributed by atoms with van der Waals surface area (Å²) in [6.45, 7) is 0. The van der Waals surface area contributed by atoms with Gasteiger partial charge in [-0.15, -0.1) is 11.6 Å². The number of unbranched alkanes of at least 4 members (excludes halogenated alkanes) is 1. The van der Waals surface area contributed by atoms with E-state index in [2.05, 4.69) is 4.37 Å². The van der Waals surface area contributed by atoms with Crippen molar-refractivity contribution in [2.24, 2.45) is 0 Å². The lowest BCUT2D eigenvalue weighted by atomic mass is 10.1. The molecular weight excluding hydrogens is 222 g/mol. The Morgan fingerprint density at radius 1 is 1.64 bits per heavy atom. The number of halogens is 1. The Morgan fingerprint density at radius 2 is 2.43 bits per heavy atom. The second-order valence-electron chi connectivity index (χ2n) is 2.81. The number of methoxy groups -OCH3 is 1. The van der Waals surface area contributed by atoms with Crippen molar-refractivity contribution in [3.63, 3.8) is 0 Å². The highest BCUT2D eigenvalue weighted by molar-refractivity contribution is 7.04. The molecule has 0 radical (unpaired) electrons. The quantitative estimate of drug-likeness (QED) is 0.431. The SMILES string of the molecule is COc1nscc1C(=O)CCCCCl. The minimum Gasteiger partial charge on any atom is -0.480 e. The second-order valence-corrected chi connectivity index (χ2v) is 3.81. The number of ketones is 1. The number of hydrogen-bond donors (Lipinski definition) is 0. The number of ether oxygens (including phenoxy) is 1. The van der Waals surface area contributed by atoms with Crippen LogP contribution in [0.3, 0.4) is 0 Å². The lowest BCUT2D eigenvalue weighted by Gasteiger charge is -1.99. The Morgan fingerprint density at radius 3 is 3.07 bits per heavy atom. The molecule has 0 unspecified atom stereocenters. The zero-order chi connectivity index (χ0) is 10.4. The van der Waals surface area contributed by atoms with Crippen LogP contribution in [0.15, 0.2) is 5.38 Å². The summed E-state index contributed by atoms with van der Waals surface area (Å²) in [5, 5.41) is 1.72. The summed E-state index contributed by atoms with van der Waals surface area (Å²) in [6.07, 6.45) is 2.20. The van der Waals surface area contributed by atoms with Crippen LogP contribution in [0.25, 0.3) is 0 Å². The molecule has 0 saturated heterocycles. The summed E-state index contributed by atoms with van der Waals surface area (Å²) in [4.78, 5) is 11.6. The molecule has 5 heteroatoms. The largest absolute Gasteiger partial charge is 0.480 e. The maximum atomic E-state index is 11.6.